The van der Waals surface area contributed by atoms with E-state index in [4.69, 9.17) is 0 Å². The summed E-state index contributed by atoms with van der Waals surface area (Å²) in [7, 11) is 0. The van der Waals surface area contributed by atoms with Crippen LogP contribution in [0.15, 0.2) is 24.3 Å². The fourth-order valence-corrected chi connectivity index (χ4v) is 4.44. The molecule has 0 aromatic heterocycles. The number of amides is 1. The van der Waals surface area contributed by atoms with Crippen LogP contribution in [0.1, 0.15) is 43.2 Å². The number of hydrogen-bond donors (Lipinski definition) is 0. The minimum atomic E-state index is -0.0736. The lowest BCUT2D eigenvalue weighted by Crippen LogP contribution is -2.50. The van der Waals surface area contributed by atoms with Gasteiger partial charge in [-0.3, -0.25) is 9.69 Å². The van der Waals surface area contributed by atoms with Crippen LogP contribution in [-0.4, -0.2) is 41.9 Å². The SMILES string of the molecule is Cc1ccccc1CN1CC[C@]2(CCCN(CC3CC3)C2=O)C1. The molecule has 2 saturated heterocycles. The lowest BCUT2D eigenvalue weighted by molar-refractivity contribution is -0.145. The van der Waals surface area contributed by atoms with E-state index in [0.29, 0.717) is 5.91 Å². The Kier molecular flexibility index (Phi) is 3.92. The summed E-state index contributed by atoms with van der Waals surface area (Å²) in [6.45, 7) is 7.22. The van der Waals surface area contributed by atoms with Crippen molar-refractivity contribution in [1.29, 1.82) is 0 Å². The number of piperidine rings is 1. The zero-order chi connectivity index (χ0) is 15.9. The van der Waals surface area contributed by atoms with Crippen molar-refractivity contribution in [2.45, 2.75) is 45.6 Å². The van der Waals surface area contributed by atoms with Crippen LogP contribution in [-0.2, 0) is 11.3 Å². The van der Waals surface area contributed by atoms with Crippen molar-refractivity contribution in [2.24, 2.45) is 11.3 Å². The summed E-state index contributed by atoms with van der Waals surface area (Å²) in [5.74, 6) is 1.27. The van der Waals surface area contributed by atoms with Gasteiger partial charge in [-0.2, -0.15) is 0 Å². The molecule has 1 spiro atoms. The molecule has 1 aromatic carbocycles. The van der Waals surface area contributed by atoms with Gasteiger partial charge in [0, 0.05) is 26.2 Å². The third-order valence-electron chi connectivity index (χ3n) is 6.09. The molecule has 0 bridgehead atoms. The molecule has 2 aliphatic heterocycles. The molecule has 1 saturated carbocycles. The zero-order valence-corrected chi connectivity index (χ0v) is 14.3. The smallest absolute Gasteiger partial charge is 0.230 e. The van der Waals surface area contributed by atoms with Gasteiger partial charge in [0.25, 0.3) is 0 Å². The Morgan fingerprint density at radius 2 is 2.00 bits per heavy atom. The lowest BCUT2D eigenvalue weighted by atomic mass is 9.78. The molecular formula is C20H28N2O. The maximum Gasteiger partial charge on any atom is 0.230 e. The van der Waals surface area contributed by atoms with Gasteiger partial charge >= 0.3 is 0 Å². The van der Waals surface area contributed by atoms with Crippen molar-refractivity contribution in [1.82, 2.24) is 9.80 Å². The van der Waals surface area contributed by atoms with E-state index < -0.39 is 0 Å². The van der Waals surface area contributed by atoms with E-state index in [1.54, 1.807) is 0 Å². The molecule has 3 nitrogen and oxygen atoms in total. The Balaban J connectivity index is 1.43. The monoisotopic (exact) mass is 312 g/mol. The molecule has 1 aliphatic carbocycles. The molecule has 3 heteroatoms. The summed E-state index contributed by atoms with van der Waals surface area (Å²) >= 11 is 0. The predicted molar refractivity (Wildman–Crippen MR) is 92.0 cm³/mol. The van der Waals surface area contributed by atoms with Crippen LogP contribution < -0.4 is 0 Å². The van der Waals surface area contributed by atoms with Gasteiger partial charge < -0.3 is 4.90 Å². The van der Waals surface area contributed by atoms with Gasteiger partial charge in [-0.05, 0) is 62.6 Å². The van der Waals surface area contributed by atoms with Crippen LogP contribution in [0.25, 0.3) is 0 Å². The molecule has 124 valence electrons. The fourth-order valence-electron chi connectivity index (χ4n) is 4.44. The summed E-state index contributed by atoms with van der Waals surface area (Å²) in [5.41, 5.74) is 2.69. The van der Waals surface area contributed by atoms with Crippen molar-refractivity contribution in [3.63, 3.8) is 0 Å². The quantitative estimate of drug-likeness (QED) is 0.852. The van der Waals surface area contributed by atoms with Gasteiger partial charge in [-0.15, -0.1) is 0 Å². The van der Waals surface area contributed by atoms with Gasteiger partial charge in [-0.25, -0.2) is 0 Å². The van der Waals surface area contributed by atoms with E-state index in [-0.39, 0.29) is 5.41 Å². The predicted octanol–water partition coefficient (Wildman–Crippen LogP) is 3.22. The molecule has 0 unspecified atom stereocenters. The van der Waals surface area contributed by atoms with Crippen molar-refractivity contribution in [2.75, 3.05) is 26.2 Å². The number of benzene rings is 1. The number of hydrogen-bond acceptors (Lipinski definition) is 2. The molecule has 3 aliphatic rings. The highest BCUT2D eigenvalue weighted by molar-refractivity contribution is 5.84. The Hall–Kier alpha value is -1.35. The Bertz CT molecular complexity index is 595. The van der Waals surface area contributed by atoms with Crippen LogP contribution in [0.4, 0.5) is 0 Å². The standard InChI is InChI=1S/C20H28N2O/c1-16-5-2-3-6-18(16)14-21-12-10-20(15-21)9-4-11-22(19(20)23)13-17-7-8-17/h2-3,5-6,17H,4,7-15H2,1H3/t20-/m1/s1. The first kappa shape index (κ1) is 15.2. The number of nitrogens with zero attached hydrogens (tertiary/aromatic N) is 2. The Morgan fingerprint density at radius 3 is 2.78 bits per heavy atom. The fraction of sp³-hybridized carbons (Fsp3) is 0.650. The molecule has 1 aromatic rings. The molecule has 3 fully saturated rings. The van der Waals surface area contributed by atoms with Gasteiger partial charge in [0.05, 0.1) is 5.41 Å². The summed E-state index contributed by atoms with van der Waals surface area (Å²) in [6, 6.07) is 8.63. The maximum atomic E-state index is 13.1. The largest absolute Gasteiger partial charge is 0.342 e. The number of likely N-dealkylation sites (tertiary alicyclic amines) is 2. The number of carbonyl (C=O) groups is 1. The summed E-state index contributed by atoms with van der Waals surface area (Å²) in [6.07, 6.45) is 6.00. The molecule has 1 atom stereocenters. The van der Waals surface area contributed by atoms with E-state index in [1.807, 2.05) is 0 Å². The molecule has 0 radical (unpaired) electrons. The number of carbonyl (C=O) groups excluding carboxylic acids is 1. The van der Waals surface area contributed by atoms with Gasteiger partial charge in [0.15, 0.2) is 0 Å². The molecule has 0 N–H and O–H groups in total. The molecule has 4 rings (SSSR count). The van der Waals surface area contributed by atoms with Crippen LogP contribution in [0.5, 0.6) is 0 Å². The van der Waals surface area contributed by atoms with E-state index in [2.05, 4.69) is 41.0 Å². The minimum Gasteiger partial charge on any atom is -0.342 e. The highest BCUT2D eigenvalue weighted by Gasteiger charge is 2.48. The number of aryl methyl sites for hydroxylation is 1. The van der Waals surface area contributed by atoms with Gasteiger partial charge in [0.1, 0.15) is 0 Å². The van der Waals surface area contributed by atoms with Crippen molar-refractivity contribution in [3.05, 3.63) is 35.4 Å². The highest BCUT2D eigenvalue weighted by Crippen LogP contribution is 2.42. The molecular weight excluding hydrogens is 284 g/mol. The van der Waals surface area contributed by atoms with Crippen molar-refractivity contribution >= 4 is 5.91 Å². The van der Waals surface area contributed by atoms with Crippen molar-refractivity contribution in [3.8, 4) is 0 Å². The Labute approximate surface area is 139 Å². The van der Waals surface area contributed by atoms with Crippen LogP contribution >= 0.6 is 0 Å². The first-order valence-corrected chi connectivity index (χ1v) is 9.23. The van der Waals surface area contributed by atoms with Crippen molar-refractivity contribution < 1.29 is 4.79 Å². The van der Waals surface area contributed by atoms with E-state index >= 15 is 0 Å². The molecule has 1 amide bonds. The molecule has 23 heavy (non-hydrogen) atoms. The maximum absolute atomic E-state index is 13.1. The summed E-state index contributed by atoms with van der Waals surface area (Å²) in [4.78, 5) is 17.8. The van der Waals surface area contributed by atoms with E-state index in [9.17, 15) is 4.79 Å². The lowest BCUT2D eigenvalue weighted by Gasteiger charge is -2.39. The number of rotatable bonds is 4. The topological polar surface area (TPSA) is 23.6 Å². The average molecular weight is 312 g/mol. The van der Waals surface area contributed by atoms with Gasteiger partial charge in [0.2, 0.25) is 5.91 Å². The zero-order valence-electron chi connectivity index (χ0n) is 14.3. The van der Waals surface area contributed by atoms with Gasteiger partial charge in [-0.1, -0.05) is 24.3 Å². The Morgan fingerprint density at radius 1 is 1.17 bits per heavy atom. The van der Waals surface area contributed by atoms with Crippen LogP contribution in [0, 0.1) is 18.3 Å². The first-order valence-electron chi connectivity index (χ1n) is 9.23. The summed E-state index contributed by atoms with van der Waals surface area (Å²) < 4.78 is 0. The molecule has 2 heterocycles. The second-order valence-corrected chi connectivity index (χ2v) is 7.97. The third-order valence-corrected chi connectivity index (χ3v) is 6.09. The average Bonchev–Trinajstić information content (AvgIpc) is 3.27. The van der Waals surface area contributed by atoms with Crippen LogP contribution in [0.3, 0.4) is 0 Å². The normalized spacial score (nSPS) is 28.7. The first-order chi connectivity index (χ1) is 11.2. The van der Waals surface area contributed by atoms with E-state index in [1.165, 1.54) is 30.4 Å². The highest BCUT2D eigenvalue weighted by atomic mass is 16.2. The van der Waals surface area contributed by atoms with Crippen LogP contribution in [0.2, 0.25) is 0 Å². The summed E-state index contributed by atoms with van der Waals surface area (Å²) in [5, 5.41) is 0. The minimum absolute atomic E-state index is 0.0736. The third kappa shape index (κ3) is 3.03. The second-order valence-electron chi connectivity index (χ2n) is 7.97. The second kappa shape index (κ2) is 5.94. The van der Waals surface area contributed by atoms with E-state index in [0.717, 1.165) is 51.5 Å².